The molecule has 1 aliphatic rings. The first-order valence-corrected chi connectivity index (χ1v) is 4.76. The Labute approximate surface area is 105 Å². The Bertz CT molecular complexity index is 460. The maximum atomic E-state index is 11.1. The minimum Gasteiger partial charge on any atom is -0.268 e. The van der Waals surface area contributed by atoms with Gasteiger partial charge in [0, 0.05) is 36.5 Å². The molecule has 0 saturated carbocycles. The van der Waals surface area contributed by atoms with Gasteiger partial charge in [-0.2, -0.15) is 0 Å². The van der Waals surface area contributed by atoms with E-state index in [0.717, 1.165) is 0 Å². The summed E-state index contributed by atoms with van der Waals surface area (Å²) in [6.07, 6.45) is 0. The van der Waals surface area contributed by atoms with Crippen molar-refractivity contribution < 1.29 is 49.8 Å². The third kappa shape index (κ3) is 2.06. The fourth-order valence-corrected chi connectivity index (χ4v) is 2.29. The summed E-state index contributed by atoms with van der Waals surface area (Å²) < 4.78 is 24.2. The van der Waals surface area contributed by atoms with E-state index in [-0.39, 0.29) is 47.0 Å². The number of carbonyl (C=O) groups is 1. The molecule has 1 amide bonds. The van der Waals surface area contributed by atoms with Crippen molar-refractivity contribution in [1.82, 2.24) is 4.72 Å². The number of nitrogens with one attached hydrogen (secondary N) is 1. The Kier molecular flexibility index (Phi) is 4.46. The zero-order valence-electron chi connectivity index (χ0n) is 7.00. The normalized spacial score (nSPS) is 15.9. The Hall–Kier alpha value is -0.217. The molecule has 0 saturated heterocycles. The summed E-state index contributed by atoms with van der Waals surface area (Å²) in [4.78, 5) is 11.1. The first kappa shape index (κ1) is 13.8. The number of benzene rings is 1. The van der Waals surface area contributed by atoms with E-state index < -0.39 is 15.9 Å². The van der Waals surface area contributed by atoms with Crippen molar-refractivity contribution in [3.8, 4) is 0 Å². The molecule has 0 bridgehead atoms. The van der Waals surface area contributed by atoms with E-state index in [1.54, 1.807) is 12.1 Å². The van der Waals surface area contributed by atoms with Crippen molar-refractivity contribution >= 4 is 15.9 Å². The second-order valence-electron chi connectivity index (χ2n) is 2.43. The second kappa shape index (κ2) is 4.53. The Morgan fingerprint density at radius 1 is 1.14 bits per heavy atom. The van der Waals surface area contributed by atoms with Crippen LogP contribution in [0.15, 0.2) is 29.2 Å². The summed E-state index contributed by atoms with van der Waals surface area (Å²) in [6, 6.07) is 6.09. The first-order chi connectivity index (χ1) is 5.61. The van der Waals surface area contributed by atoms with E-state index in [2.05, 4.69) is 0 Å². The van der Waals surface area contributed by atoms with Crippen LogP contribution >= 0.6 is 0 Å². The van der Waals surface area contributed by atoms with Crippen LogP contribution in [-0.2, 0) is 46.6 Å². The minimum absolute atomic E-state index is 0. The van der Waals surface area contributed by atoms with Crippen LogP contribution in [0, 0.1) is 0 Å². The maximum absolute atomic E-state index is 11.1. The zero-order valence-corrected chi connectivity index (χ0v) is 11.9. The van der Waals surface area contributed by atoms with Crippen molar-refractivity contribution in [2.75, 3.05) is 0 Å². The minimum atomic E-state index is -3.55. The predicted molar refractivity (Wildman–Crippen MR) is 41.1 cm³/mol. The standard InChI is InChI=1S/C7H5NO3S.Fe.Zn/c9-7-5-3-1-2-4-6(5)12(10,11)8-7;;/h1-4H,(H,8,9);;. The average Bonchev–Trinajstić information content (AvgIpc) is 2.25. The molecule has 2 rings (SSSR count). The molecule has 1 aromatic carbocycles. The summed E-state index contributed by atoms with van der Waals surface area (Å²) in [5, 5.41) is 0. The average molecular weight is 304 g/mol. The number of carbonyl (C=O) groups excluding carboxylic acids is 1. The first-order valence-electron chi connectivity index (χ1n) is 3.27. The fourth-order valence-electron chi connectivity index (χ4n) is 1.12. The van der Waals surface area contributed by atoms with Crippen LogP contribution < -0.4 is 4.72 Å². The van der Waals surface area contributed by atoms with Crippen LogP contribution in [0.5, 0.6) is 0 Å². The molecule has 72 valence electrons. The van der Waals surface area contributed by atoms with Crippen LogP contribution in [0.25, 0.3) is 0 Å². The number of rotatable bonds is 0. The molecule has 1 aromatic rings. The van der Waals surface area contributed by atoms with Crippen LogP contribution in [0.1, 0.15) is 10.4 Å². The SMILES string of the molecule is O=C1NS(=O)(=O)c2ccccc21.[Fe].[Zn]. The van der Waals surface area contributed by atoms with Gasteiger partial charge in [-0.15, -0.1) is 0 Å². The summed E-state index contributed by atoms with van der Waals surface area (Å²) in [7, 11) is -3.55. The van der Waals surface area contributed by atoms with Gasteiger partial charge in [0.1, 0.15) is 4.90 Å². The Morgan fingerprint density at radius 2 is 1.71 bits per heavy atom. The molecule has 0 aromatic heterocycles. The van der Waals surface area contributed by atoms with Crippen LogP contribution in [0.4, 0.5) is 0 Å². The van der Waals surface area contributed by atoms with Crippen molar-refractivity contribution in [2.45, 2.75) is 4.90 Å². The number of amides is 1. The monoisotopic (exact) mass is 303 g/mol. The van der Waals surface area contributed by atoms with Crippen LogP contribution in [-0.4, -0.2) is 14.3 Å². The number of fused-ring (bicyclic) bond motifs is 1. The van der Waals surface area contributed by atoms with Gasteiger partial charge < -0.3 is 0 Å². The molecular weight excluding hydrogens is 299 g/mol. The van der Waals surface area contributed by atoms with E-state index in [9.17, 15) is 13.2 Å². The molecule has 1 N–H and O–H groups in total. The molecule has 1 heterocycles. The van der Waals surface area contributed by atoms with Gasteiger partial charge in [-0.1, -0.05) is 12.1 Å². The zero-order chi connectivity index (χ0) is 8.77. The van der Waals surface area contributed by atoms with Gasteiger partial charge in [0.05, 0.1) is 5.56 Å². The number of sulfonamides is 1. The van der Waals surface area contributed by atoms with E-state index in [0.29, 0.717) is 0 Å². The summed E-state index contributed by atoms with van der Waals surface area (Å²) in [6.45, 7) is 0. The maximum Gasteiger partial charge on any atom is 0.266 e. The fraction of sp³-hybridized carbons (Fsp3) is 0. The largest absolute Gasteiger partial charge is 0.268 e. The molecule has 0 fully saturated rings. The second-order valence-corrected chi connectivity index (χ2v) is 4.08. The van der Waals surface area contributed by atoms with Gasteiger partial charge in [-0.25, -0.2) is 13.1 Å². The van der Waals surface area contributed by atoms with Gasteiger partial charge in [0.25, 0.3) is 15.9 Å². The van der Waals surface area contributed by atoms with E-state index in [1.807, 2.05) is 4.72 Å². The molecule has 1 aliphatic heterocycles. The molecular formula is C7H5FeNO3SZn. The summed E-state index contributed by atoms with van der Waals surface area (Å²) >= 11 is 0. The molecule has 4 nitrogen and oxygen atoms in total. The number of hydrogen-bond donors (Lipinski definition) is 1. The van der Waals surface area contributed by atoms with Gasteiger partial charge in [-0.3, -0.25) is 4.79 Å². The molecule has 7 heteroatoms. The van der Waals surface area contributed by atoms with E-state index >= 15 is 0 Å². The van der Waals surface area contributed by atoms with Crippen LogP contribution in [0.3, 0.4) is 0 Å². The quantitative estimate of drug-likeness (QED) is 0.692. The Morgan fingerprint density at radius 3 is 2.29 bits per heavy atom. The van der Waals surface area contributed by atoms with Crippen molar-refractivity contribution in [3.63, 3.8) is 0 Å². The third-order valence-corrected chi connectivity index (χ3v) is 3.04. The topological polar surface area (TPSA) is 63.2 Å². The van der Waals surface area contributed by atoms with Crippen molar-refractivity contribution in [1.29, 1.82) is 0 Å². The van der Waals surface area contributed by atoms with E-state index in [1.165, 1.54) is 12.1 Å². The van der Waals surface area contributed by atoms with Crippen molar-refractivity contribution in [2.24, 2.45) is 0 Å². The van der Waals surface area contributed by atoms with Crippen molar-refractivity contribution in [3.05, 3.63) is 29.8 Å². The van der Waals surface area contributed by atoms with Crippen LogP contribution in [0.2, 0.25) is 0 Å². The summed E-state index contributed by atoms with van der Waals surface area (Å²) in [5.41, 5.74) is 0.220. The molecule has 0 unspecified atom stereocenters. The molecule has 0 radical (unpaired) electrons. The molecule has 14 heavy (non-hydrogen) atoms. The van der Waals surface area contributed by atoms with Gasteiger partial charge in [0.15, 0.2) is 0 Å². The molecule has 0 aliphatic carbocycles. The molecule has 0 spiro atoms. The molecule has 0 atom stereocenters. The summed E-state index contributed by atoms with van der Waals surface area (Å²) in [5.74, 6) is -0.550. The van der Waals surface area contributed by atoms with E-state index in [4.69, 9.17) is 0 Å². The smallest absolute Gasteiger partial charge is 0.266 e. The third-order valence-electron chi connectivity index (χ3n) is 1.65. The van der Waals surface area contributed by atoms with Gasteiger partial charge in [0.2, 0.25) is 0 Å². The number of hydrogen-bond acceptors (Lipinski definition) is 3. The predicted octanol–water partition coefficient (Wildman–Crippen LogP) is 0.114. The van der Waals surface area contributed by atoms with Gasteiger partial charge in [-0.05, 0) is 12.1 Å². The Balaban J connectivity index is 0.000000845. The van der Waals surface area contributed by atoms with Gasteiger partial charge >= 0.3 is 0 Å².